The molecule has 0 bridgehead atoms. The van der Waals surface area contributed by atoms with Gasteiger partial charge in [0.25, 0.3) is 10.0 Å². The van der Waals surface area contributed by atoms with Gasteiger partial charge in [-0.1, -0.05) is 23.2 Å². The summed E-state index contributed by atoms with van der Waals surface area (Å²) in [4.78, 5) is 0.0211. The van der Waals surface area contributed by atoms with Gasteiger partial charge >= 0.3 is 0 Å². The highest BCUT2D eigenvalue weighted by atomic mass is 35.5. The molecule has 0 radical (unpaired) electrons. The molecule has 1 heterocycles. The van der Waals surface area contributed by atoms with Crippen LogP contribution in [0, 0.1) is 6.92 Å². The molecule has 3 N–H and O–H groups in total. The van der Waals surface area contributed by atoms with Crippen molar-refractivity contribution in [3.8, 4) is 5.75 Å². The second kappa shape index (κ2) is 4.92. The second-order valence-corrected chi connectivity index (χ2v) is 6.22. The van der Waals surface area contributed by atoms with E-state index in [2.05, 4.69) is 14.9 Å². The number of aryl methyl sites for hydroxylation is 1. The number of anilines is 1. The smallest absolute Gasteiger partial charge is 0.265 e. The third-order valence-corrected chi connectivity index (χ3v) is 4.41. The summed E-state index contributed by atoms with van der Waals surface area (Å²) in [5.74, 6) is -0.300. The Labute approximate surface area is 119 Å². The molecule has 0 unspecified atom stereocenters. The third-order valence-electron chi connectivity index (χ3n) is 2.34. The Morgan fingerprint density at radius 2 is 1.89 bits per heavy atom. The van der Waals surface area contributed by atoms with Crippen LogP contribution in [0.15, 0.2) is 23.2 Å². The topological polar surface area (TPSA) is 95.1 Å². The van der Waals surface area contributed by atoms with E-state index in [0.717, 1.165) is 0 Å². The number of aromatic amines is 1. The van der Waals surface area contributed by atoms with Crippen molar-refractivity contribution in [3.63, 3.8) is 0 Å². The van der Waals surface area contributed by atoms with Gasteiger partial charge in [-0.05, 0) is 19.1 Å². The summed E-state index contributed by atoms with van der Waals surface area (Å²) >= 11 is 11.4. The maximum Gasteiger partial charge on any atom is 0.265 e. The predicted molar refractivity (Wildman–Crippen MR) is 72.3 cm³/mol. The first kappa shape index (κ1) is 14.0. The monoisotopic (exact) mass is 321 g/mol. The Morgan fingerprint density at radius 1 is 1.32 bits per heavy atom. The van der Waals surface area contributed by atoms with Gasteiger partial charge in [0.2, 0.25) is 0 Å². The fraction of sp³-hybridized carbons (Fsp3) is 0.100. The molecule has 0 fully saturated rings. The molecule has 0 amide bonds. The highest BCUT2D eigenvalue weighted by Crippen LogP contribution is 2.35. The number of nitrogens with zero attached hydrogens (tertiary/aromatic N) is 1. The zero-order chi connectivity index (χ0) is 14.2. The van der Waals surface area contributed by atoms with Crippen molar-refractivity contribution >= 4 is 38.9 Å². The van der Waals surface area contributed by atoms with Crippen LogP contribution in [-0.2, 0) is 10.0 Å². The summed E-state index contributed by atoms with van der Waals surface area (Å²) in [6.07, 6.45) is 1.20. The van der Waals surface area contributed by atoms with Crippen molar-refractivity contribution in [2.24, 2.45) is 0 Å². The lowest BCUT2D eigenvalue weighted by atomic mass is 10.3. The minimum atomic E-state index is -3.79. The largest absolute Gasteiger partial charge is 0.505 e. The molecular weight excluding hydrogens is 313 g/mol. The first-order valence-electron chi connectivity index (χ1n) is 5.02. The van der Waals surface area contributed by atoms with Gasteiger partial charge in [0, 0.05) is 0 Å². The van der Waals surface area contributed by atoms with Crippen LogP contribution in [-0.4, -0.2) is 23.7 Å². The number of phenolic OH excluding ortho intramolecular Hbond substituents is 1. The van der Waals surface area contributed by atoms with Crippen LogP contribution in [0.3, 0.4) is 0 Å². The van der Waals surface area contributed by atoms with E-state index in [4.69, 9.17) is 23.2 Å². The van der Waals surface area contributed by atoms with Crippen LogP contribution >= 0.6 is 23.2 Å². The Morgan fingerprint density at radius 3 is 2.37 bits per heavy atom. The molecule has 0 aliphatic heterocycles. The first-order valence-corrected chi connectivity index (χ1v) is 7.26. The third kappa shape index (κ3) is 2.78. The lowest BCUT2D eigenvalue weighted by molar-refractivity contribution is 0.476. The highest BCUT2D eigenvalue weighted by molar-refractivity contribution is 7.92. The number of aromatic hydroxyl groups is 1. The van der Waals surface area contributed by atoms with Crippen molar-refractivity contribution < 1.29 is 13.5 Å². The van der Waals surface area contributed by atoms with Crippen LogP contribution < -0.4 is 4.72 Å². The number of phenols is 1. The molecule has 6 nitrogen and oxygen atoms in total. The number of H-pyrrole nitrogens is 1. The molecule has 19 heavy (non-hydrogen) atoms. The van der Waals surface area contributed by atoms with Gasteiger partial charge in [0.15, 0.2) is 5.75 Å². The molecule has 9 heteroatoms. The fourth-order valence-electron chi connectivity index (χ4n) is 1.45. The molecule has 0 saturated carbocycles. The summed E-state index contributed by atoms with van der Waals surface area (Å²) in [5, 5.41) is 15.5. The number of benzene rings is 1. The van der Waals surface area contributed by atoms with E-state index >= 15 is 0 Å². The first-order chi connectivity index (χ1) is 8.81. The Balaban J connectivity index is 2.39. The maximum absolute atomic E-state index is 12.1. The molecule has 0 atom stereocenters. The van der Waals surface area contributed by atoms with Crippen molar-refractivity contribution in [1.82, 2.24) is 10.2 Å². The minimum absolute atomic E-state index is 0.0211. The van der Waals surface area contributed by atoms with E-state index < -0.39 is 10.0 Å². The van der Waals surface area contributed by atoms with E-state index in [1.54, 1.807) is 6.92 Å². The van der Waals surface area contributed by atoms with E-state index in [1.165, 1.54) is 18.3 Å². The molecule has 0 aliphatic rings. The summed E-state index contributed by atoms with van der Waals surface area (Å²) < 4.78 is 26.4. The zero-order valence-corrected chi connectivity index (χ0v) is 11.9. The van der Waals surface area contributed by atoms with Crippen molar-refractivity contribution in [2.75, 3.05) is 4.72 Å². The van der Waals surface area contributed by atoms with Crippen LogP contribution in [0.25, 0.3) is 0 Å². The van der Waals surface area contributed by atoms with Crippen LogP contribution in [0.4, 0.5) is 5.69 Å². The normalized spacial score (nSPS) is 11.5. The average Bonchev–Trinajstić information content (AvgIpc) is 2.72. The number of hydrogen-bond acceptors (Lipinski definition) is 4. The Kier molecular flexibility index (Phi) is 3.62. The quantitative estimate of drug-likeness (QED) is 0.757. The minimum Gasteiger partial charge on any atom is -0.505 e. The number of aromatic nitrogens is 2. The van der Waals surface area contributed by atoms with Crippen molar-refractivity contribution in [1.29, 1.82) is 0 Å². The van der Waals surface area contributed by atoms with Crippen molar-refractivity contribution in [3.05, 3.63) is 34.1 Å². The van der Waals surface area contributed by atoms with Gasteiger partial charge in [-0.2, -0.15) is 5.10 Å². The van der Waals surface area contributed by atoms with Gasteiger partial charge in [-0.25, -0.2) is 8.42 Å². The Hall–Kier alpha value is -1.44. The van der Waals surface area contributed by atoms with Crippen molar-refractivity contribution in [2.45, 2.75) is 11.8 Å². The Bertz CT molecular complexity index is 704. The lowest BCUT2D eigenvalue weighted by Crippen LogP contribution is -2.13. The molecule has 0 aliphatic carbocycles. The lowest BCUT2D eigenvalue weighted by Gasteiger charge is -2.09. The van der Waals surface area contributed by atoms with Gasteiger partial charge < -0.3 is 5.11 Å². The summed E-state index contributed by atoms with van der Waals surface area (Å²) in [6.45, 7) is 1.58. The SMILES string of the molecule is Cc1[nH]ncc1S(=O)(=O)Nc1cc(Cl)c(O)c(Cl)c1. The molecule has 1 aromatic carbocycles. The standard InChI is InChI=1S/C10H9Cl2N3O3S/c1-5-9(4-13-14-5)19(17,18)15-6-2-7(11)10(16)8(12)3-6/h2-4,15-16H,1H3,(H,13,14). The molecule has 102 valence electrons. The van der Waals surface area contributed by atoms with E-state index in [1.807, 2.05) is 0 Å². The van der Waals surface area contributed by atoms with E-state index in [0.29, 0.717) is 5.69 Å². The average molecular weight is 322 g/mol. The molecule has 0 spiro atoms. The van der Waals surface area contributed by atoms with Crippen LogP contribution in [0.1, 0.15) is 5.69 Å². The summed E-state index contributed by atoms with van der Waals surface area (Å²) in [6, 6.07) is 2.52. The predicted octanol–water partition coefficient (Wildman–Crippen LogP) is 2.53. The molecular formula is C10H9Cl2N3O3S. The number of rotatable bonds is 3. The number of nitrogens with one attached hydrogen (secondary N) is 2. The summed E-state index contributed by atoms with van der Waals surface area (Å²) in [7, 11) is -3.79. The molecule has 2 aromatic rings. The zero-order valence-electron chi connectivity index (χ0n) is 9.61. The van der Waals surface area contributed by atoms with E-state index in [9.17, 15) is 13.5 Å². The van der Waals surface area contributed by atoms with Gasteiger partial charge in [0.05, 0.1) is 27.6 Å². The molecule has 2 rings (SSSR count). The van der Waals surface area contributed by atoms with Crippen LogP contribution in [0.5, 0.6) is 5.75 Å². The van der Waals surface area contributed by atoms with Gasteiger partial charge in [-0.15, -0.1) is 0 Å². The second-order valence-electron chi connectivity index (χ2n) is 3.75. The van der Waals surface area contributed by atoms with Crippen LogP contribution in [0.2, 0.25) is 10.0 Å². The fourth-order valence-corrected chi connectivity index (χ4v) is 3.11. The number of sulfonamides is 1. The highest BCUT2D eigenvalue weighted by Gasteiger charge is 2.19. The van der Waals surface area contributed by atoms with Gasteiger partial charge in [0.1, 0.15) is 4.90 Å². The number of halogens is 2. The molecule has 1 aromatic heterocycles. The number of hydrogen-bond donors (Lipinski definition) is 3. The molecule has 0 saturated heterocycles. The maximum atomic E-state index is 12.1. The van der Waals surface area contributed by atoms with Gasteiger partial charge in [-0.3, -0.25) is 9.82 Å². The summed E-state index contributed by atoms with van der Waals surface area (Å²) in [5.41, 5.74) is 0.553. The van der Waals surface area contributed by atoms with E-state index in [-0.39, 0.29) is 26.4 Å².